The molecule has 2 aliphatic carbocycles. The van der Waals surface area contributed by atoms with Crippen molar-refractivity contribution in [2.45, 2.75) is 157 Å². The van der Waals surface area contributed by atoms with Crippen LogP contribution in [0.1, 0.15) is 128 Å². The smallest absolute Gasteiger partial charge is 0.306 e. The number of aliphatic hydroxyl groups excluding tert-OH is 1. The summed E-state index contributed by atoms with van der Waals surface area (Å²) in [6.07, 6.45) is 23.6. The summed E-state index contributed by atoms with van der Waals surface area (Å²) in [4.78, 5) is 49.8. The highest BCUT2D eigenvalue weighted by Gasteiger charge is 2.80. The molecule has 0 radical (unpaired) electrons. The SMILES string of the molecule is CCCCCC(=O)OC\C(C=C=C1C(C)(C)C[C@H](OC(C)=O)C[C@@]1(C)O)=C/C=C/C(C)=C/C=C/C=C(C)/C=C/C=C(\C)C(=O)C[C@@]12O[C@@]1(C)C(=O)[C@@H](O)CC2(C)C. The van der Waals surface area contributed by atoms with Crippen LogP contribution in [0.4, 0.5) is 0 Å². The van der Waals surface area contributed by atoms with Gasteiger partial charge in [-0.25, -0.2) is 0 Å². The first-order chi connectivity index (χ1) is 26.5. The molecule has 0 bridgehead atoms. The molecule has 1 heterocycles. The van der Waals surface area contributed by atoms with E-state index in [9.17, 15) is 29.4 Å². The number of aliphatic hydroxyl groups is 2. The quantitative estimate of drug-likeness (QED) is 0.0369. The Labute approximate surface area is 340 Å². The van der Waals surface area contributed by atoms with E-state index in [1.54, 1.807) is 32.9 Å². The summed E-state index contributed by atoms with van der Waals surface area (Å²) >= 11 is 0. The van der Waals surface area contributed by atoms with Gasteiger partial charge in [-0.3, -0.25) is 19.2 Å². The fourth-order valence-corrected chi connectivity index (χ4v) is 8.26. The fraction of sp³-hybridized carbons (Fsp3) is 0.562. The van der Waals surface area contributed by atoms with Gasteiger partial charge in [0.05, 0.1) is 5.60 Å². The van der Waals surface area contributed by atoms with Crippen LogP contribution >= 0.6 is 0 Å². The van der Waals surface area contributed by atoms with Crippen LogP contribution in [-0.2, 0) is 33.4 Å². The van der Waals surface area contributed by atoms with Crippen LogP contribution in [0.3, 0.4) is 0 Å². The number of unbranched alkanes of at least 4 members (excludes halogenated alkanes) is 2. The molecule has 2 saturated carbocycles. The number of ether oxygens (including phenoxy) is 3. The fourth-order valence-electron chi connectivity index (χ4n) is 8.26. The third kappa shape index (κ3) is 12.4. The Balaban J connectivity index is 1.68. The van der Waals surface area contributed by atoms with Gasteiger partial charge in [-0.05, 0) is 76.5 Å². The molecule has 0 amide bonds. The molecular formula is C48H66O9. The number of hydrogen-bond donors (Lipinski definition) is 2. The molecule has 57 heavy (non-hydrogen) atoms. The van der Waals surface area contributed by atoms with Gasteiger partial charge in [0.15, 0.2) is 17.2 Å². The first-order valence-corrected chi connectivity index (χ1v) is 20.2. The Morgan fingerprint density at radius 2 is 1.47 bits per heavy atom. The largest absolute Gasteiger partial charge is 0.462 e. The lowest BCUT2D eigenvalue weighted by atomic mass is 9.61. The van der Waals surface area contributed by atoms with Gasteiger partial charge in [0.2, 0.25) is 0 Å². The van der Waals surface area contributed by atoms with Crippen LogP contribution in [0, 0.1) is 10.8 Å². The predicted molar refractivity (Wildman–Crippen MR) is 224 cm³/mol. The van der Waals surface area contributed by atoms with Crippen molar-refractivity contribution in [3.8, 4) is 0 Å². The van der Waals surface area contributed by atoms with Crippen molar-refractivity contribution >= 4 is 23.5 Å². The molecule has 0 aromatic rings. The number of hydrogen-bond acceptors (Lipinski definition) is 9. The first-order valence-electron chi connectivity index (χ1n) is 20.2. The van der Waals surface area contributed by atoms with E-state index in [1.165, 1.54) is 6.92 Å². The maximum Gasteiger partial charge on any atom is 0.306 e. The number of esters is 2. The van der Waals surface area contributed by atoms with Crippen LogP contribution in [-0.4, -0.2) is 69.3 Å². The number of rotatable bonds is 17. The lowest BCUT2D eigenvalue weighted by molar-refractivity contribution is -0.152. The third-order valence-corrected chi connectivity index (χ3v) is 11.4. The monoisotopic (exact) mass is 786 g/mol. The third-order valence-electron chi connectivity index (χ3n) is 11.4. The highest BCUT2D eigenvalue weighted by atomic mass is 16.6. The van der Waals surface area contributed by atoms with Crippen LogP contribution in [0.5, 0.6) is 0 Å². The van der Waals surface area contributed by atoms with E-state index in [0.29, 0.717) is 29.6 Å². The van der Waals surface area contributed by atoms with Crippen molar-refractivity contribution in [3.63, 3.8) is 0 Å². The maximum absolute atomic E-state index is 13.2. The second-order valence-electron chi connectivity index (χ2n) is 17.6. The zero-order chi connectivity index (χ0) is 42.8. The zero-order valence-corrected chi connectivity index (χ0v) is 36.1. The van der Waals surface area contributed by atoms with E-state index < -0.39 is 39.8 Å². The van der Waals surface area contributed by atoms with Crippen molar-refractivity contribution in [2.24, 2.45) is 10.8 Å². The molecule has 312 valence electrons. The van der Waals surface area contributed by atoms with Crippen molar-refractivity contribution < 1.29 is 43.6 Å². The number of carbonyl (C=O) groups excluding carboxylic acids is 4. The number of Topliss-reactive ketones (excluding diaryl/α,β-unsaturated/α-hetero) is 2. The lowest BCUT2D eigenvalue weighted by Gasteiger charge is -2.44. The molecule has 3 rings (SSSR count). The van der Waals surface area contributed by atoms with Gasteiger partial charge in [0.25, 0.3) is 0 Å². The van der Waals surface area contributed by atoms with Gasteiger partial charge in [-0.15, -0.1) is 5.73 Å². The molecule has 9 nitrogen and oxygen atoms in total. The number of allylic oxidation sites excluding steroid dienone is 13. The average Bonchev–Trinajstić information content (AvgIpc) is 3.73. The van der Waals surface area contributed by atoms with Crippen molar-refractivity contribution in [1.82, 2.24) is 0 Å². The van der Waals surface area contributed by atoms with E-state index in [0.717, 1.165) is 30.4 Å². The van der Waals surface area contributed by atoms with E-state index >= 15 is 0 Å². The standard InChI is InChI=1S/C48H66O9/c1-12-13-14-25-42(52)55-32-37(26-27-41-44(6,7)28-38(56-36(5)49)29-46(41,10)54)24-18-22-34(3)20-16-15-19-33(2)21-17-23-35(4)39(50)31-48-45(8,9)30-40(51)43(53)47(48,11)57-48/h15-24,26,38,40,51,54H,12-14,25,28-32H2,1-11H3/b16-15+,21-17+,22-18+,33-19+,34-20+,35-23+,37-24-/t27?,38-,40-,46+,47-,48-/m0/s1. The highest BCUT2D eigenvalue weighted by Crippen LogP contribution is 2.65. The number of ketones is 2. The summed E-state index contributed by atoms with van der Waals surface area (Å²) < 4.78 is 17.0. The Hall–Kier alpha value is -4.14. The summed E-state index contributed by atoms with van der Waals surface area (Å²) in [5.74, 6) is -1.07. The molecular weight excluding hydrogens is 721 g/mol. The second-order valence-corrected chi connectivity index (χ2v) is 17.6. The van der Waals surface area contributed by atoms with E-state index in [-0.39, 0.29) is 49.4 Å². The first kappa shape index (κ1) is 47.2. The minimum atomic E-state index is -1.24. The van der Waals surface area contributed by atoms with E-state index in [2.05, 4.69) is 12.7 Å². The van der Waals surface area contributed by atoms with E-state index in [4.69, 9.17) is 14.2 Å². The van der Waals surface area contributed by atoms with Crippen LogP contribution in [0.2, 0.25) is 0 Å². The van der Waals surface area contributed by atoms with Crippen molar-refractivity contribution in [2.75, 3.05) is 6.61 Å². The predicted octanol–water partition coefficient (Wildman–Crippen LogP) is 8.97. The van der Waals surface area contributed by atoms with Crippen LogP contribution in [0.25, 0.3) is 0 Å². The number of fused-ring (bicyclic) bond motifs is 1. The molecule has 2 N–H and O–H groups in total. The summed E-state index contributed by atoms with van der Waals surface area (Å²) in [6.45, 7) is 20.5. The molecule has 0 aromatic carbocycles. The Bertz CT molecular complexity index is 1800. The van der Waals surface area contributed by atoms with Gasteiger partial charge in [-0.2, -0.15) is 0 Å². The maximum atomic E-state index is 13.2. The lowest BCUT2D eigenvalue weighted by Crippen LogP contribution is -2.54. The van der Waals surface area contributed by atoms with Gasteiger partial charge in [-0.1, -0.05) is 119 Å². The molecule has 0 unspecified atom stereocenters. The molecule has 1 saturated heterocycles. The minimum Gasteiger partial charge on any atom is -0.462 e. The van der Waals surface area contributed by atoms with Crippen LogP contribution in [0.15, 0.2) is 100 Å². The van der Waals surface area contributed by atoms with Gasteiger partial charge in [0, 0.05) is 37.2 Å². The van der Waals surface area contributed by atoms with Crippen molar-refractivity contribution in [1.29, 1.82) is 0 Å². The van der Waals surface area contributed by atoms with Crippen LogP contribution < -0.4 is 0 Å². The molecule has 3 aliphatic rings. The average molecular weight is 787 g/mol. The molecule has 5 atom stereocenters. The summed E-state index contributed by atoms with van der Waals surface area (Å²) in [6, 6.07) is 0. The summed E-state index contributed by atoms with van der Waals surface area (Å²) in [5, 5.41) is 21.6. The number of carbonyl (C=O) groups is 4. The molecule has 3 fully saturated rings. The van der Waals surface area contributed by atoms with Gasteiger partial charge in [0.1, 0.15) is 24.4 Å². The molecule has 9 heteroatoms. The highest BCUT2D eigenvalue weighted by molar-refractivity contribution is 6.01. The minimum absolute atomic E-state index is 0.0657. The zero-order valence-electron chi connectivity index (χ0n) is 36.1. The summed E-state index contributed by atoms with van der Waals surface area (Å²) in [5.41, 5.74) is 2.97. The second kappa shape index (κ2) is 19.5. The molecule has 0 spiro atoms. The molecule has 1 aliphatic heterocycles. The van der Waals surface area contributed by atoms with Crippen molar-refractivity contribution in [3.05, 3.63) is 100 Å². The normalized spacial score (nSPS) is 29.1. The number of epoxide rings is 1. The van der Waals surface area contributed by atoms with Gasteiger partial charge >= 0.3 is 11.9 Å². The Morgan fingerprint density at radius 1 is 0.860 bits per heavy atom. The Morgan fingerprint density at radius 3 is 2.05 bits per heavy atom. The summed E-state index contributed by atoms with van der Waals surface area (Å²) in [7, 11) is 0. The molecule has 0 aromatic heterocycles. The van der Waals surface area contributed by atoms with Gasteiger partial charge < -0.3 is 24.4 Å². The topological polar surface area (TPSA) is 140 Å². The van der Waals surface area contributed by atoms with E-state index in [1.807, 2.05) is 96.2 Å². The Kier molecular flexibility index (Phi) is 16.2.